The lowest BCUT2D eigenvalue weighted by Crippen LogP contribution is -2.31. The molecule has 1 unspecified atom stereocenters. The number of ketones is 1. The first-order valence-electron chi connectivity index (χ1n) is 9.07. The molecule has 0 saturated carbocycles. The minimum Gasteiger partial charge on any atom is -0.503 e. The molecule has 0 radical (unpaired) electrons. The molecule has 27 heavy (non-hydrogen) atoms. The van der Waals surface area contributed by atoms with Crippen molar-refractivity contribution in [2.24, 2.45) is 0 Å². The average Bonchev–Trinajstić information content (AvgIpc) is 2.94. The van der Waals surface area contributed by atoms with Crippen LogP contribution in [-0.2, 0) is 9.59 Å². The number of carbonyl (C=O) groups is 2. The fraction of sp³-hybridized carbons (Fsp3) is 0.273. The van der Waals surface area contributed by atoms with Gasteiger partial charge in [-0.05, 0) is 43.2 Å². The van der Waals surface area contributed by atoms with Crippen LogP contribution in [0.25, 0.3) is 0 Å². The zero-order valence-corrected chi connectivity index (χ0v) is 15.7. The Morgan fingerprint density at radius 2 is 1.78 bits per heavy atom. The van der Waals surface area contributed by atoms with Gasteiger partial charge < -0.3 is 9.84 Å². The third-order valence-electron chi connectivity index (χ3n) is 4.71. The lowest BCUT2D eigenvalue weighted by atomic mass is 9.94. The Balaban J connectivity index is 2.14. The summed E-state index contributed by atoms with van der Waals surface area (Å²) < 4.78 is 5.48. The van der Waals surface area contributed by atoms with Crippen molar-refractivity contribution in [1.29, 1.82) is 0 Å². The highest BCUT2D eigenvalue weighted by molar-refractivity contribution is 6.16. The molecular formula is C22H23NO4. The van der Waals surface area contributed by atoms with Crippen LogP contribution in [0.2, 0.25) is 0 Å². The quantitative estimate of drug-likeness (QED) is 0.830. The number of hydrogen-bond donors (Lipinski definition) is 1. The van der Waals surface area contributed by atoms with Crippen molar-refractivity contribution >= 4 is 17.4 Å². The van der Waals surface area contributed by atoms with Gasteiger partial charge in [-0.2, -0.15) is 0 Å². The number of rotatable bonds is 6. The summed E-state index contributed by atoms with van der Waals surface area (Å²) in [6.07, 6.45) is 0.210. The van der Waals surface area contributed by atoms with Gasteiger partial charge in [-0.25, -0.2) is 0 Å². The third kappa shape index (κ3) is 3.33. The molecule has 5 nitrogen and oxygen atoms in total. The van der Waals surface area contributed by atoms with Crippen LogP contribution in [0.5, 0.6) is 5.75 Å². The fourth-order valence-electron chi connectivity index (χ4n) is 3.39. The minimum atomic E-state index is -0.665. The van der Waals surface area contributed by atoms with E-state index in [0.717, 1.165) is 11.1 Å². The van der Waals surface area contributed by atoms with Crippen molar-refractivity contribution in [1.82, 2.24) is 0 Å². The summed E-state index contributed by atoms with van der Waals surface area (Å²) >= 11 is 0. The highest BCUT2D eigenvalue weighted by Gasteiger charge is 2.44. The van der Waals surface area contributed by atoms with Gasteiger partial charge >= 0.3 is 0 Å². The van der Waals surface area contributed by atoms with Crippen molar-refractivity contribution in [3.63, 3.8) is 0 Å². The molecule has 1 aliphatic rings. The molecule has 0 aliphatic carbocycles. The number of nitrogens with zero attached hydrogens (tertiary/aromatic N) is 1. The molecule has 1 atom stereocenters. The SMILES string of the molecule is CCOc1ccc(C2C(C(=O)CC)=C(O)C(=O)N2c2ccccc2C)cc1. The van der Waals surface area contributed by atoms with E-state index in [9.17, 15) is 14.7 Å². The molecule has 140 valence electrons. The van der Waals surface area contributed by atoms with Crippen molar-refractivity contribution in [2.75, 3.05) is 11.5 Å². The number of ether oxygens (including phenoxy) is 1. The van der Waals surface area contributed by atoms with Gasteiger partial charge in [0.05, 0.1) is 18.2 Å². The predicted octanol–water partition coefficient (Wildman–Crippen LogP) is 4.27. The zero-order valence-electron chi connectivity index (χ0n) is 15.7. The van der Waals surface area contributed by atoms with Crippen molar-refractivity contribution in [3.8, 4) is 5.75 Å². The fourth-order valence-corrected chi connectivity index (χ4v) is 3.39. The molecule has 3 rings (SSSR count). The Bertz CT molecular complexity index is 899. The highest BCUT2D eigenvalue weighted by atomic mass is 16.5. The summed E-state index contributed by atoms with van der Waals surface area (Å²) in [7, 11) is 0. The Morgan fingerprint density at radius 3 is 2.37 bits per heavy atom. The molecule has 5 heteroatoms. The summed E-state index contributed by atoms with van der Waals surface area (Å²) in [4.78, 5) is 26.9. The van der Waals surface area contributed by atoms with Crippen molar-refractivity contribution < 1.29 is 19.4 Å². The molecule has 0 saturated heterocycles. The lowest BCUT2D eigenvalue weighted by molar-refractivity contribution is -0.118. The van der Waals surface area contributed by atoms with E-state index in [4.69, 9.17) is 4.74 Å². The maximum absolute atomic E-state index is 12.9. The van der Waals surface area contributed by atoms with Gasteiger partial charge in [-0.1, -0.05) is 37.3 Å². The monoisotopic (exact) mass is 365 g/mol. The molecular weight excluding hydrogens is 342 g/mol. The number of aliphatic hydroxyl groups excluding tert-OH is 1. The lowest BCUT2D eigenvalue weighted by Gasteiger charge is -2.28. The predicted molar refractivity (Wildman–Crippen MR) is 104 cm³/mol. The van der Waals surface area contributed by atoms with Crippen LogP contribution in [-0.4, -0.2) is 23.4 Å². The van der Waals surface area contributed by atoms with Crippen LogP contribution >= 0.6 is 0 Å². The van der Waals surface area contributed by atoms with E-state index in [2.05, 4.69) is 0 Å². The van der Waals surface area contributed by atoms with E-state index < -0.39 is 17.7 Å². The van der Waals surface area contributed by atoms with Crippen molar-refractivity contribution in [3.05, 3.63) is 71.0 Å². The van der Waals surface area contributed by atoms with Crippen LogP contribution < -0.4 is 9.64 Å². The number of aryl methyl sites for hydroxylation is 1. The van der Waals surface area contributed by atoms with Gasteiger partial charge in [0.2, 0.25) is 0 Å². The molecule has 2 aromatic rings. The number of para-hydroxylation sites is 1. The summed E-state index contributed by atoms with van der Waals surface area (Å²) in [6.45, 7) is 6.08. The van der Waals surface area contributed by atoms with Gasteiger partial charge in [0.25, 0.3) is 5.91 Å². The second-order valence-electron chi connectivity index (χ2n) is 6.41. The molecule has 0 fully saturated rings. The second-order valence-corrected chi connectivity index (χ2v) is 6.41. The topological polar surface area (TPSA) is 66.8 Å². The normalized spacial score (nSPS) is 16.8. The number of aliphatic hydroxyl groups is 1. The highest BCUT2D eigenvalue weighted by Crippen LogP contribution is 2.42. The Morgan fingerprint density at radius 1 is 1.11 bits per heavy atom. The van der Waals surface area contributed by atoms with E-state index >= 15 is 0 Å². The number of amides is 1. The molecule has 1 N–H and O–H groups in total. The van der Waals surface area contributed by atoms with E-state index in [1.54, 1.807) is 6.92 Å². The first-order chi connectivity index (χ1) is 13.0. The number of Topliss-reactive ketones (excluding diaryl/α,β-unsaturated/α-hetero) is 1. The minimum absolute atomic E-state index is 0.148. The first-order valence-corrected chi connectivity index (χ1v) is 9.07. The molecule has 0 spiro atoms. The standard InChI is InChI=1S/C22H23NO4/c1-4-18(24)19-20(15-10-12-16(13-11-15)27-5-2)23(22(26)21(19)25)17-9-7-6-8-14(17)3/h6-13,20,25H,4-5H2,1-3H3. The largest absolute Gasteiger partial charge is 0.503 e. The van der Waals surface area contributed by atoms with Gasteiger partial charge in [-0.15, -0.1) is 0 Å². The van der Waals surface area contributed by atoms with Gasteiger partial charge in [0.1, 0.15) is 5.75 Å². The van der Waals surface area contributed by atoms with Gasteiger partial charge in [0.15, 0.2) is 11.5 Å². The maximum atomic E-state index is 12.9. The average molecular weight is 365 g/mol. The van der Waals surface area contributed by atoms with Gasteiger partial charge in [-0.3, -0.25) is 14.5 Å². The van der Waals surface area contributed by atoms with Crippen molar-refractivity contribution in [2.45, 2.75) is 33.2 Å². The van der Waals surface area contributed by atoms with Crippen LogP contribution in [0.1, 0.15) is 37.4 Å². The maximum Gasteiger partial charge on any atom is 0.294 e. The van der Waals surface area contributed by atoms with Crippen LogP contribution in [0.3, 0.4) is 0 Å². The van der Waals surface area contributed by atoms with Crippen LogP contribution in [0.15, 0.2) is 59.9 Å². The van der Waals surface area contributed by atoms with Crippen LogP contribution in [0, 0.1) is 6.92 Å². The van der Waals surface area contributed by atoms with E-state index in [-0.39, 0.29) is 17.8 Å². The van der Waals surface area contributed by atoms with E-state index in [0.29, 0.717) is 18.0 Å². The van der Waals surface area contributed by atoms with Gasteiger partial charge in [0, 0.05) is 12.1 Å². The summed E-state index contributed by atoms with van der Waals surface area (Å²) in [5.74, 6) is -0.552. The summed E-state index contributed by atoms with van der Waals surface area (Å²) in [6, 6.07) is 14.0. The number of carbonyl (C=O) groups excluding carboxylic acids is 2. The van der Waals surface area contributed by atoms with Crippen LogP contribution in [0.4, 0.5) is 5.69 Å². The number of anilines is 1. The Kier molecular flexibility index (Phi) is 5.31. The Hall–Kier alpha value is -3.08. The third-order valence-corrected chi connectivity index (χ3v) is 4.71. The molecule has 1 aliphatic heterocycles. The molecule has 0 aromatic heterocycles. The Labute approximate surface area is 158 Å². The number of benzene rings is 2. The first kappa shape index (κ1) is 18.7. The van der Waals surface area contributed by atoms with E-state index in [1.165, 1.54) is 4.90 Å². The molecule has 1 heterocycles. The summed E-state index contributed by atoms with van der Waals surface area (Å²) in [5.41, 5.74) is 2.46. The summed E-state index contributed by atoms with van der Waals surface area (Å²) in [5, 5.41) is 10.5. The zero-order chi connectivity index (χ0) is 19.6. The number of hydrogen-bond acceptors (Lipinski definition) is 4. The van der Waals surface area contributed by atoms with E-state index in [1.807, 2.05) is 62.4 Å². The molecule has 1 amide bonds. The smallest absolute Gasteiger partial charge is 0.294 e. The molecule has 0 bridgehead atoms. The molecule has 2 aromatic carbocycles. The second kappa shape index (κ2) is 7.66.